The molecular weight excluding hydrogens is 158 g/mol. The fourth-order valence-corrected chi connectivity index (χ4v) is 0.354. The predicted octanol–water partition coefficient (Wildman–Crippen LogP) is 0.528. The third-order valence-electron chi connectivity index (χ3n) is 0.807. The maximum Gasteiger partial charge on any atom is 0.368 e. The van der Waals surface area contributed by atoms with E-state index in [1.165, 1.54) is 6.21 Å². The molecule has 12 heavy (non-hydrogen) atoms. The topological polar surface area (TPSA) is 70.9 Å². The van der Waals surface area contributed by atoms with Crippen LogP contribution in [0.5, 0.6) is 0 Å². The van der Waals surface area contributed by atoms with Crippen LogP contribution in [0.25, 0.3) is 0 Å². The Kier molecular flexibility index (Phi) is 5.08. The number of rotatable bonds is 2. The van der Waals surface area contributed by atoms with Gasteiger partial charge < -0.3 is 5.32 Å². The van der Waals surface area contributed by atoms with Crippen molar-refractivity contribution in [2.45, 2.75) is 6.92 Å². The normalized spacial score (nSPS) is 10.4. The lowest BCUT2D eigenvalue weighted by Crippen LogP contribution is -2.18. The van der Waals surface area contributed by atoms with Gasteiger partial charge in [-0.05, 0) is 13.0 Å². The molecule has 0 radical (unpaired) electrons. The van der Waals surface area contributed by atoms with Crippen molar-refractivity contribution in [2.24, 2.45) is 9.98 Å². The van der Waals surface area contributed by atoms with Crippen LogP contribution < -0.4 is 5.32 Å². The van der Waals surface area contributed by atoms with Gasteiger partial charge in [-0.15, -0.1) is 0 Å². The van der Waals surface area contributed by atoms with Crippen molar-refractivity contribution in [1.29, 1.82) is 0 Å². The lowest BCUT2D eigenvalue weighted by molar-refractivity contribution is -0.115. The summed E-state index contributed by atoms with van der Waals surface area (Å²) in [5.74, 6) is -0.424. The van der Waals surface area contributed by atoms with E-state index in [9.17, 15) is 9.59 Å². The third kappa shape index (κ3) is 5.04. The Morgan fingerprint density at radius 2 is 2.08 bits per heavy atom. The average Bonchev–Trinajstić information content (AvgIpc) is 2.04. The molecule has 3 amide bonds. The van der Waals surface area contributed by atoms with Gasteiger partial charge in [0.05, 0.1) is 0 Å². The molecule has 0 saturated carbocycles. The lowest BCUT2D eigenvalue weighted by atomic mass is 10.6. The highest BCUT2D eigenvalue weighted by atomic mass is 16.2. The van der Waals surface area contributed by atoms with Gasteiger partial charge >= 0.3 is 6.03 Å². The SMILES string of the molecule is C=CC(=O)NC=NC(=O)N=CC. The molecule has 0 aromatic rings. The van der Waals surface area contributed by atoms with Gasteiger partial charge in [-0.25, -0.2) is 9.79 Å². The van der Waals surface area contributed by atoms with E-state index in [4.69, 9.17) is 0 Å². The maximum atomic E-state index is 10.5. The fraction of sp³-hybridized carbons (Fsp3) is 0.143. The van der Waals surface area contributed by atoms with E-state index < -0.39 is 11.9 Å². The van der Waals surface area contributed by atoms with Crippen molar-refractivity contribution in [3.05, 3.63) is 12.7 Å². The number of aliphatic imine (C=N–C) groups is 2. The quantitative estimate of drug-likeness (QED) is 0.370. The molecule has 0 unspecified atom stereocenters. The molecule has 0 rings (SSSR count). The number of hydrogen-bond acceptors (Lipinski definition) is 2. The Balaban J connectivity index is 3.84. The Labute approximate surface area is 69.9 Å². The van der Waals surface area contributed by atoms with Crippen LogP contribution in [0.1, 0.15) is 6.92 Å². The van der Waals surface area contributed by atoms with Gasteiger partial charge in [-0.2, -0.15) is 4.99 Å². The molecule has 0 saturated heterocycles. The summed E-state index contributed by atoms with van der Waals surface area (Å²) in [5, 5.41) is 2.18. The van der Waals surface area contributed by atoms with Gasteiger partial charge in [-0.3, -0.25) is 4.79 Å². The smallest absolute Gasteiger partial charge is 0.313 e. The Hall–Kier alpha value is -1.78. The number of carbonyl (C=O) groups excluding carboxylic acids is 2. The largest absolute Gasteiger partial charge is 0.368 e. The van der Waals surface area contributed by atoms with Gasteiger partial charge in [0.2, 0.25) is 5.91 Å². The number of nitrogens with one attached hydrogen (secondary N) is 1. The number of urea groups is 1. The molecule has 1 N–H and O–H groups in total. The molecule has 0 aromatic heterocycles. The molecule has 0 fully saturated rings. The molecule has 0 aliphatic rings. The summed E-state index contributed by atoms with van der Waals surface area (Å²) in [5.41, 5.74) is 0. The zero-order valence-corrected chi connectivity index (χ0v) is 6.65. The van der Waals surface area contributed by atoms with Crippen LogP contribution in [0, 0.1) is 0 Å². The first-order valence-corrected chi connectivity index (χ1v) is 3.18. The van der Waals surface area contributed by atoms with E-state index in [0.717, 1.165) is 12.4 Å². The van der Waals surface area contributed by atoms with Gasteiger partial charge in [0.1, 0.15) is 6.34 Å². The highest BCUT2D eigenvalue weighted by Gasteiger charge is 1.90. The summed E-state index contributed by atoms with van der Waals surface area (Å²) in [7, 11) is 0. The van der Waals surface area contributed by atoms with E-state index in [-0.39, 0.29) is 0 Å². The Morgan fingerprint density at radius 1 is 1.42 bits per heavy atom. The Bertz CT molecular complexity index is 243. The van der Waals surface area contributed by atoms with Gasteiger partial charge in [0.15, 0.2) is 0 Å². The predicted molar refractivity (Wildman–Crippen MR) is 46.4 cm³/mol. The summed E-state index contributed by atoms with van der Waals surface area (Å²) in [6.45, 7) is 4.80. The summed E-state index contributed by atoms with van der Waals surface area (Å²) < 4.78 is 0. The van der Waals surface area contributed by atoms with Crippen molar-refractivity contribution in [3.63, 3.8) is 0 Å². The standard InChI is InChI=1S/C7H9N3O2/c1-3-6(11)9-5-10-7(12)8-4-2/h3-5H,1H2,2H3,(H,9,10,11,12). The summed E-state index contributed by atoms with van der Waals surface area (Å²) in [4.78, 5) is 27.6. The van der Waals surface area contributed by atoms with Crippen LogP contribution in [0.15, 0.2) is 22.6 Å². The minimum absolute atomic E-state index is 0.424. The second-order valence-corrected chi connectivity index (χ2v) is 1.64. The zero-order chi connectivity index (χ0) is 9.40. The lowest BCUT2D eigenvalue weighted by Gasteiger charge is -1.88. The first-order valence-electron chi connectivity index (χ1n) is 3.18. The van der Waals surface area contributed by atoms with E-state index in [1.807, 2.05) is 0 Å². The zero-order valence-electron chi connectivity index (χ0n) is 6.65. The maximum absolute atomic E-state index is 10.5. The molecule has 5 heteroatoms. The Morgan fingerprint density at radius 3 is 2.58 bits per heavy atom. The van der Waals surface area contributed by atoms with Crippen LogP contribution in [-0.4, -0.2) is 24.5 Å². The van der Waals surface area contributed by atoms with Gasteiger partial charge in [0.25, 0.3) is 0 Å². The number of hydrogen-bond donors (Lipinski definition) is 1. The number of carbonyl (C=O) groups is 2. The fourth-order valence-electron chi connectivity index (χ4n) is 0.354. The van der Waals surface area contributed by atoms with Crippen molar-refractivity contribution >= 4 is 24.5 Å². The summed E-state index contributed by atoms with van der Waals surface area (Å²) >= 11 is 0. The highest BCUT2D eigenvalue weighted by molar-refractivity contribution is 5.98. The first kappa shape index (κ1) is 10.2. The van der Waals surface area contributed by atoms with E-state index in [0.29, 0.717) is 0 Å². The van der Waals surface area contributed by atoms with Crippen molar-refractivity contribution in [2.75, 3.05) is 0 Å². The number of nitrogens with zero attached hydrogens (tertiary/aromatic N) is 2. The van der Waals surface area contributed by atoms with Crippen LogP contribution in [-0.2, 0) is 4.79 Å². The molecule has 5 nitrogen and oxygen atoms in total. The second kappa shape index (κ2) is 5.96. The molecule has 0 spiro atoms. The molecule has 0 aliphatic carbocycles. The minimum atomic E-state index is -0.665. The second-order valence-electron chi connectivity index (χ2n) is 1.64. The summed E-state index contributed by atoms with van der Waals surface area (Å²) in [6.07, 6.45) is 3.36. The van der Waals surface area contributed by atoms with E-state index in [2.05, 4.69) is 21.9 Å². The third-order valence-corrected chi connectivity index (χ3v) is 0.807. The molecule has 0 bridgehead atoms. The molecular formula is C7H9N3O2. The van der Waals surface area contributed by atoms with Crippen LogP contribution in [0.4, 0.5) is 4.79 Å². The van der Waals surface area contributed by atoms with Crippen molar-refractivity contribution in [1.82, 2.24) is 5.32 Å². The van der Waals surface area contributed by atoms with Crippen molar-refractivity contribution < 1.29 is 9.59 Å². The van der Waals surface area contributed by atoms with E-state index in [1.54, 1.807) is 6.92 Å². The monoisotopic (exact) mass is 167 g/mol. The van der Waals surface area contributed by atoms with Gasteiger partial charge in [0, 0.05) is 6.21 Å². The molecule has 0 aromatic carbocycles. The van der Waals surface area contributed by atoms with Gasteiger partial charge in [-0.1, -0.05) is 6.58 Å². The highest BCUT2D eigenvalue weighted by Crippen LogP contribution is 1.76. The summed E-state index contributed by atoms with van der Waals surface area (Å²) in [6, 6.07) is -0.665. The van der Waals surface area contributed by atoms with Crippen LogP contribution in [0.2, 0.25) is 0 Å². The van der Waals surface area contributed by atoms with E-state index >= 15 is 0 Å². The number of amides is 3. The molecule has 0 heterocycles. The molecule has 0 atom stereocenters. The average molecular weight is 167 g/mol. The van der Waals surface area contributed by atoms with Crippen molar-refractivity contribution in [3.8, 4) is 0 Å². The molecule has 0 aliphatic heterocycles. The molecule has 64 valence electrons. The first-order chi connectivity index (χ1) is 5.70. The van der Waals surface area contributed by atoms with Crippen LogP contribution >= 0.6 is 0 Å². The minimum Gasteiger partial charge on any atom is -0.313 e. The van der Waals surface area contributed by atoms with Crippen LogP contribution in [0.3, 0.4) is 0 Å².